The van der Waals surface area contributed by atoms with E-state index in [9.17, 15) is 4.79 Å². The molecule has 0 aromatic heterocycles. The number of nitrogens with zero attached hydrogens (tertiary/aromatic N) is 1. The van der Waals surface area contributed by atoms with Gasteiger partial charge in [-0.25, -0.2) is 4.79 Å². The summed E-state index contributed by atoms with van der Waals surface area (Å²) in [4.78, 5) is 14.4. The number of ether oxygens (including phenoxy) is 2. The zero-order valence-electron chi connectivity index (χ0n) is 13.2. The molecule has 23 heavy (non-hydrogen) atoms. The largest absolute Gasteiger partial charge is 0.381 e. The Balaban J connectivity index is 1.61. The Bertz CT molecular complexity index is 560. The van der Waals surface area contributed by atoms with Gasteiger partial charge in [-0.15, -0.1) is 0 Å². The van der Waals surface area contributed by atoms with Crippen molar-refractivity contribution in [2.45, 2.75) is 12.8 Å². The average Bonchev–Trinajstić information content (AvgIpc) is 2.62. The van der Waals surface area contributed by atoms with E-state index in [-0.39, 0.29) is 6.03 Å². The third-order valence-electron chi connectivity index (χ3n) is 4.05. The van der Waals surface area contributed by atoms with Crippen molar-refractivity contribution in [1.82, 2.24) is 5.32 Å². The maximum Gasteiger partial charge on any atom is 0.323 e. The van der Waals surface area contributed by atoms with Crippen molar-refractivity contribution >= 4 is 17.4 Å². The summed E-state index contributed by atoms with van der Waals surface area (Å²) in [5.41, 5.74) is 3.06. The van der Waals surface area contributed by atoms with Gasteiger partial charge in [0.1, 0.15) is 0 Å². The fraction of sp³-hybridized carbons (Fsp3) is 0.471. The fourth-order valence-corrected chi connectivity index (χ4v) is 2.76. The highest BCUT2D eigenvalue weighted by Crippen LogP contribution is 2.26. The molecular weight excluding hydrogens is 294 g/mol. The minimum absolute atomic E-state index is 0.218. The van der Waals surface area contributed by atoms with Gasteiger partial charge in [0.25, 0.3) is 0 Å². The van der Waals surface area contributed by atoms with Gasteiger partial charge in [0.15, 0.2) is 0 Å². The highest BCUT2D eigenvalue weighted by atomic mass is 16.5. The zero-order valence-corrected chi connectivity index (χ0v) is 13.2. The van der Waals surface area contributed by atoms with Crippen LogP contribution in [0.15, 0.2) is 36.0 Å². The van der Waals surface area contributed by atoms with E-state index in [4.69, 9.17) is 9.47 Å². The summed E-state index contributed by atoms with van der Waals surface area (Å²) in [6.07, 6.45) is 3.56. The van der Waals surface area contributed by atoms with Crippen molar-refractivity contribution in [2.24, 2.45) is 0 Å². The van der Waals surface area contributed by atoms with Crippen molar-refractivity contribution in [3.8, 4) is 0 Å². The van der Waals surface area contributed by atoms with Crippen LogP contribution in [-0.2, 0) is 9.47 Å². The highest BCUT2D eigenvalue weighted by Gasteiger charge is 2.15. The number of rotatable bonds is 3. The molecule has 0 spiro atoms. The van der Waals surface area contributed by atoms with Crippen LogP contribution in [0.1, 0.15) is 12.8 Å². The highest BCUT2D eigenvalue weighted by molar-refractivity contribution is 5.93. The van der Waals surface area contributed by atoms with E-state index >= 15 is 0 Å². The number of carbonyl (C=O) groups excluding carboxylic acids is 1. The van der Waals surface area contributed by atoms with Gasteiger partial charge < -0.3 is 25.0 Å². The number of nitrogens with one attached hydrogen (secondary N) is 2. The molecular formula is C17H23N3O3. The van der Waals surface area contributed by atoms with Gasteiger partial charge in [-0.1, -0.05) is 12.1 Å². The number of hydrogen-bond donors (Lipinski definition) is 2. The molecule has 0 unspecified atom stereocenters. The molecule has 2 aliphatic heterocycles. The number of anilines is 2. The van der Waals surface area contributed by atoms with Gasteiger partial charge in [-0.2, -0.15) is 0 Å². The lowest BCUT2D eigenvalue weighted by atomic mass is 10.1. The van der Waals surface area contributed by atoms with Crippen molar-refractivity contribution < 1.29 is 14.3 Å². The molecule has 0 atom stereocenters. The maximum atomic E-state index is 12.1. The normalized spacial score (nSPS) is 18.4. The number of carbonyl (C=O) groups is 1. The Morgan fingerprint density at radius 2 is 1.74 bits per heavy atom. The van der Waals surface area contributed by atoms with Gasteiger partial charge in [0.2, 0.25) is 0 Å². The third-order valence-corrected chi connectivity index (χ3v) is 4.05. The van der Waals surface area contributed by atoms with E-state index in [0.29, 0.717) is 13.2 Å². The second kappa shape index (κ2) is 7.99. The van der Waals surface area contributed by atoms with E-state index in [1.54, 1.807) is 6.20 Å². The fourth-order valence-electron chi connectivity index (χ4n) is 2.76. The number of morpholine rings is 1. The summed E-state index contributed by atoms with van der Waals surface area (Å²) in [6, 6.07) is 7.64. The van der Waals surface area contributed by atoms with Crippen LogP contribution in [0.4, 0.5) is 16.2 Å². The smallest absolute Gasteiger partial charge is 0.323 e. The summed E-state index contributed by atoms with van der Waals surface area (Å²) >= 11 is 0. The molecule has 1 aromatic carbocycles. The zero-order chi connectivity index (χ0) is 15.9. The lowest BCUT2D eigenvalue weighted by Crippen LogP contribution is -2.37. The molecule has 2 amide bonds. The number of hydrogen-bond acceptors (Lipinski definition) is 4. The van der Waals surface area contributed by atoms with E-state index in [2.05, 4.69) is 15.5 Å². The minimum atomic E-state index is -0.218. The van der Waals surface area contributed by atoms with Crippen molar-refractivity contribution in [3.05, 3.63) is 36.0 Å². The summed E-state index contributed by atoms with van der Waals surface area (Å²) in [5.74, 6) is 0. The summed E-state index contributed by atoms with van der Waals surface area (Å²) in [5, 5.41) is 5.76. The van der Waals surface area contributed by atoms with Crippen LogP contribution in [0.3, 0.4) is 0 Å². The predicted molar refractivity (Wildman–Crippen MR) is 89.8 cm³/mol. The summed E-state index contributed by atoms with van der Waals surface area (Å²) < 4.78 is 10.7. The number of para-hydroxylation sites is 2. The van der Waals surface area contributed by atoms with Gasteiger partial charge in [0, 0.05) is 19.3 Å². The van der Waals surface area contributed by atoms with Gasteiger partial charge in [-0.05, 0) is 30.5 Å². The lowest BCUT2D eigenvalue weighted by molar-refractivity contribution is 0.119. The van der Waals surface area contributed by atoms with Crippen molar-refractivity contribution in [2.75, 3.05) is 49.7 Å². The molecule has 2 heterocycles. The Morgan fingerprint density at radius 1 is 1.04 bits per heavy atom. The number of benzene rings is 1. The lowest BCUT2D eigenvalue weighted by Gasteiger charge is -2.30. The molecule has 0 radical (unpaired) electrons. The van der Waals surface area contributed by atoms with E-state index in [1.807, 2.05) is 24.3 Å². The third kappa shape index (κ3) is 4.46. The summed E-state index contributed by atoms with van der Waals surface area (Å²) in [6.45, 7) is 4.57. The Labute approximate surface area is 136 Å². The quantitative estimate of drug-likeness (QED) is 0.898. The molecule has 6 nitrogen and oxygen atoms in total. The number of amides is 2. The monoisotopic (exact) mass is 317 g/mol. The van der Waals surface area contributed by atoms with Gasteiger partial charge in [-0.3, -0.25) is 0 Å². The molecule has 2 N–H and O–H groups in total. The molecule has 0 aliphatic carbocycles. The molecule has 3 rings (SSSR count). The van der Waals surface area contributed by atoms with Crippen LogP contribution in [-0.4, -0.2) is 45.5 Å². The maximum absolute atomic E-state index is 12.1. The van der Waals surface area contributed by atoms with Crippen molar-refractivity contribution in [1.29, 1.82) is 0 Å². The number of urea groups is 1. The van der Waals surface area contributed by atoms with Gasteiger partial charge >= 0.3 is 6.03 Å². The first-order chi connectivity index (χ1) is 11.3. The Morgan fingerprint density at radius 3 is 2.52 bits per heavy atom. The molecule has 0 saturated carbocycles. The second-order valence-corrected chi connectivity index (χ2v) is 5.63. The first kappa shape index (κ1) is 15.8. The van der Waals surface area contributed by atoms with Crippen LogP contribution >= 0.6 is 0 Å². The van der Waals surface area contributed by atoms with E-state index in [1.165, 1.54) is 5.57 Å². The van der Waals surface area contributed by atoms with E-state index in [0.717, 1.165) is 50.5 Å². The van der Waals surface area contributed by atoms with Crippen molar-refractivity contribution in [3.63, 3.8) is 0 Å². The molecule has 1 aromatic rings. The Hall–Kier alpha value is -2.05. The van der Waals surface area contributed by atoms with Crippen LogP contribution in [0, 0.1) is 0 Å². The average molecular weight is 317 g/mol. The first-order valence-corrected chi connectivity index (χ1v) is 8.08. The minimum Gasteiger partial charge on any atom is -0.381 e. The Kier molecular flexibility index (Phi) is 5.50. The molecule has 2 aliphatic rings. The van der Waals surface area contributed by atoms with E-state index < -0.39 is 0 Å². The SMILES string of the molecule is O=C(NC=C1CCOCC1)Nc1ccccc1N1CCOCC1. The molecule has 6 heteroatoms. The van der Waals surface area contributed by atoms with Crippen LogP contribution < -0.4 is 15.5 Å². The second-order valence-electron chi connectivity index (χ2n) is 5.63. The van der Waals surface area contributed by atoms with Crippen LogP contribution in [0.25, 0.3) is 0 Å². The topological polar surface area (TPSA) is 62.8 Å². The molecule has 124 valence electrons. The molecule has 2 fully saturated rings. The molecule has 0 bridgehead atoms. The molecule has 2 saturated heterocycles. The summed E-state index contributed by atoms with van der Waals surface area (Å²) in [7, 11) is 0. The van der Waals surface area contributed by atoms with Gasteiger partial charge in [0.05, 0.1) is 37.8 Å². The first-order valence-electron chi connectivity index (χ1n) is 8.08. The standard InChI is InChI=1S/C17H23N3O3/c21-17(18-13-14-5-9-22-10-6-14)19-15-3-1-2-4-16(15)20-7-11-23-12-8-20/h1-4,13H,5-12H2,(H2,18,19,21). The van der Waals surface area contributed by atoms with Crippen LogP contribution in [0.2, 0.25) is 0 Å². The predicted octanol–water partition coefficient (Wildman–Crippen LogP) is 2.34. The van der Waals surface area contributed by atoms with Crippen LogP contribution in [0.5, 0.6) is 0 Å².